The zero-order valence-electron chi connectivity index (χ0n) is 12.3. The van der Waals surface area contributed by atoms with Crippen LogP contribution >= 0.6 is 11.6 Å². The van der Waals surface area contributed by atoms with Gasteiger partial charge in [-0.1, -0.05) is 35.9 Å². The average Bonchev–Trinajstić information content (AvgIpc) is 2.47. The van der Waals surface area contributed by atoms with Crippen LogP contribution in [0.1, 0.15) is 11.1 Å². The van der Waals surface area contributed by atoms with Crippen LogP contribution in [0.4, 0.5) is 5.69 Å². The molecule has 2 N–H and O–H groups in total. The molecule has 0 aliphatic rings. The van der Waals surface area contributed by atoms with Gasteiger partial charge in [0.1, 0.15) is 18.5 Å². The second-order valence-corrected chi connectivity index (χ2v) is 5.48. The van der Waals surface area contributed by atoms with Gasteiger partial charge >= 0.3 is 0 Å². The van der Waals surface area contributed by atoms with E-state index in [1.807, 2.05) is 56.3 Å². The van der Waals surface area contributed by atoms with Gasteiger partial charge in [-0.05, 0) is 43.2 Å². The highest BCUT2D eigenvalue weighted by molar-refractivity contribution is 6.31. The topological polar surface area (TPSA) is 41.5 Å². The summed E-state index contributed by atoms with van der Waals surface area (Å²) in [7, 11) is 0. The molecule has 0 amide bonds. The Kier molecular flexibility index (Phi) is 5.48. The molecule has 0 saturated heterocycles. The van der Waals surface area contributed by atoms with Crippen LogP contribution in [-0.2, 0) is 0 Å². The number of hydrogen-bond donors (Lipinski definition) is 2. The van der Waals surface area contributed by atoms with Crippen molar-refractivity contribution >= 4 is 17.3 Å². The summed E-state index contributed by atoms with van der Waals surface area (Å²) in [6.07, 6.45) is -0.593. The normalized spacial score (nSPS) is 12.0. The van der Waals surface area contributed by atoms with Crippen LogP contribution in [-0.4, -0.2) is 24.4 Å². The first-order valence-electron chi connectivity index (χ1n) is 6.93. The minimum Gasteiger partial charge on any atom is -0.491 e. The van der Waals surface area contributed by atoms with Crippen molar-refractivity contribution in [3.8, 4) is 5.75 Å². The summed E-state index contributed by atoms with van der Waals surface area (Å²) in [6, 6.07) is 13.5. The fraction of sp³-hybridized carbons (Fsp3) is 0.294. The van der Waals surface area contributed by atoms with Gasteiger partial charge in [-0.25, -0.2) is 0 Å². The van der Waals surface area contributed by atoms with Crippen LogP contribution in [0.3, 0.4) is 0 Å². The molecular formula is C17H20ClNO2. The number of aliphatic hydroxyl groups excluding tert-OH is 1. The number of aryl methyl sites for hydroxylation is 2. The van der Waals surface area contributed by atoms with E-state index in [4.69, 9.17) is 16.3 Å². The van der Waals surface area contributed by atoms with E-state index in [1.54, 1.807) is 0 Å². The first kappa shape index (κ1) is 15.7. The molecule has 3 nitrogen and oxygen atoms in total. The third-order valence-electron chi connectivity index (χ3n) is 3.24. The van der Waals surface area contributed by atoms with Crippen molar-refractivity contribution in [2.24, 2.45) is 0 Å². The van der Waals surface area contributed by atoms with Gasteiger partial charge in [-0.2, -0.15) is 0 Å². The molecule has 2 aromatic rings. The van der Waals surface area contributed by atoms with Gasteiger partial charge in [0.25, 0.3) is 0 Å². The van der Waals surface area contributed by atoms with E-state index in [2.05, 4.69) is 5.32 Å². The number of benzene rings is 2. The third-order valence-corrected chi connectivity index (χ3v) is 3.65. The minimum absolute atomic E-state index is 0.247. The minimum atomic E-state index is -0.593. The summed E-state index contributed by atoms with van der Waals surface area (Å²) in [5.74, 6) is 0.801. The predicted molar refractivity (Wildman–Crippen MR) is 87.4 cm³/mol. The molecule has 0 bridgehead atoms. The first-order valence-corrected chi connectivity index (χ1v) is 7.30. The molecule has 2 aromatic carbocycles. The molecule has 1 atom stereocenters. The monoisotopic (exact) mass is 305 g/mol. The number of rotatable bonds is 6. The van der Waals surface area contributed by atoms with Gasteiger partial charge < -0.3 is 15.2 Å². The number of hydrogen-bond acceptors (Lipinski definition) is 3. The van der Waals surface area contributed by atoms with Gasteiger partial charge in [-0.3, -0.25) is 0 Å². The highest BCUT2D eigenvalue weighted by Gasteiger charge is 2.07. The molecule has 0 saturated carbocycles. The van der Waals surface area contributed by atoms with Crippen molar-refractivity contribution < 1.29 is 9.84 Å². The SMILES string of the molecule is Cc1ccc(NCC(O)COc2ccccc2C)cc1Cl. The van der Waals surface area contributed by atoms with E-state index in [0.29, 0.717) is 11.6 Å². The smallest absolute Gasteiger partial charge is 0.122 e. The van der Waals surface area contributed by atoms with Crippen LogP contribution in [0.5, 0.6) is 5.75 Å². The fourth-order valence-corrected chi connectivity index (χ4v) is 2.08. The molecule has 21 heavy (non-hydrogen) atoms. The molecule has 0 aliphatic heterocycles. The Morgan fingerprint density at radius 2 is 1.90 bits per heavy atom. The Bertz CT molecular complexity index is 601. The molecule has 0 aliphatic carbocycles. The largest absolute Gasteiger partial charge is 0.491 e. The van der Waals surface area contributed by atoms with Crippen molar-refractivity contribution in [2.75, 3.05) is 18.5 Å². The molecule has 0 spiro atoms. The maximum Gasteiger partial charge on any atom is 0.122 e. The van der Waals surface area contributed by atoms with E-state index in [1.165, 1.54) is 0 Å². The van der Waals surface area contributed by atoms with Gasteiger partial charge in [0, 0.05) is 17.3 Å². The van der Waals surface area contributed by atoms with Crippen molar-refractivity contribution in [1.29, 1.82) is 0 Å². The number of aliphatic hydroxyl groups is 1. The van der Waals surface area contributed by atoms with Gasteiger partial charge in [0.2, 0.25) is 0 Å². The highest BCUT2D eigenvalue weighted by atomic mass is 35.5. The van der Waals surface area contributed by atoms with Crippen molar-refractivity contribution in [3.63, 3.8) is 0 Å². The summed E-state index contributed by atoms with van der Waals surface area (Å²) in [6.45, 7) is 4.59. The van der Waals surface area contributed by atoms with Crippen LogP contribution in [0.15, 0.2) is 42.5 Å². The Hall–Kier alpha value is -1.71. The molecule has 2 rings (SSSR count). The van der Waals surface area contributed by atoms with Crippen molar-refractivity contribution in [2.45, 2.75) is 20.0 Å². The standard InChI is InChI=1S/C17H20ClNO2/c1-12-7-8-14(9-16(12)18)19-10-15(20)11-21-17-6-4-3-5-13(17)2/h3-9,15,19-20H,10-11H2,1-2H3. The van der Waals surface area contributed by atoms with E-state index in [-0.39, 0.29) is 6.61 Å². The van der Waals surface area contributed by atoms with Crippen LogP contribution in [0, 0.1) is 13.8 Å². The molecule has 0 radical (unpaired) electrons. The summed E-state index contributed by atoms with van der Waals surface area (Å²) >= 11 is 6.06. The maximum atomic E-state index is 9.97. The fourth-order valence-electron chi connectivity index (χ4n) is 1.90. The zero-order valence-corrected chi connectivity index (χ0v) is 13.0. The van der Waals surface area contributed by atoms with Crippen molar-refractivity contribution in [3.05, 3.63) is 58.6 Å². The number of nitrogens with one attached hydrogen (secondary N) is 1. The Balaban J connectivity index is 1.81. The number of halogens is 1. The third kappa shape index (κ3) is 4.66. The van der Waals surface area contributed by atoms with Gasteiger partial charge in [0.05, 0.1) is 0 Å². The van der Waals surface area contributed by atoms with E-state index < -0.39 is 6.10 Å². The summed E-state index contributed by atoms with van der Waals surface area (Å²) < 4.78 is 5.61. The molecule has 0 aromatic heterocycles. The van der Waals surface area contributed by atoms with Crippen molar-refractivity contribution in [1.82, 2.24) is 0 Å². The van der Waals surface area contributed by atoms with Gasteiger partial charge in [-0.15, -0.1) is 0 Å². The Morgan fingerprint density at radius 3 is 2.62 bits per heavy atom. The lowest BCUT2D eigenvalue weighted by Crippen LogP contribution is -2.26. The van der Waals surface area contributed by atoms with Crippen LogP contribution in [0.2, 0.25) is 5.02 Å². The summed E-state index contributed by atoms with van der Waals surface area (Å²) in [4.78, 5) is 0. The van der Waals surface area contributed by atoms with E-state index >= 15 is 0 Å². The maximum absolute atomic E-state index is 9.97. The highest BCUT2D eigenvalue weighted by Crippen LogP contribution is 2.20. The Morgan fingerprint density at radius 1 is 1.14 bits per heavy atom. The Labute approximate surface area is 130 Å². The molecule has 0 heterocycles. The predicted octanol–water partition coefficient (Wildman–Crippen LogP) is 3.81. The van der Waals surface area contributed by atoms with Crippen LogP contribution < -0.4 is 10.1 Å². The molecule has 0 fully saturated rings. The van der Waals surface area contributed by atoms with E-state index in [0.717, 1.165) is 22.6 Å². The van der Waals surface area contributed by atoms with Crippen LogP contribution in [0.25, 0.3) is 0 Å². The average molecular weight is 306 g/mol. The molecule has 4 heteroatoms. The lowest BCUT2D eigenvalue weighted by Gasteiger charge is -2.15. The number of ether oxygens (including phenoxy) is 1. The molecule has 112 valence electrons. The second kappa shape index (κ2) is 7.34. The first-order chi connectivity index (χ1) is 10.1. The molecular weight excluding hydrogens is 286 g/mol. The van der Waals surface area contributed by atoms with Gasteiger partial charge in [0.15, 0.2) is 0 Å². The zero-order chi connectivity index (χ0) is 15.2. The summed E-state index contributed by atoms with van der Waals surface area (Å²) in [5.41, 5.74) is 2.98. The summed E-state index contributed by atoms with van der Waals surface area (Å²) in [5, 5.41) is 13.8. The number of anilines is 1. The number of para-hydroxylation sites is 1. The van der Waals surface area contributed by atoms with E-state index in [9.17, 15) is 5.11 Å². The quantitative estimate of drug-likeness (QED) is 0.853. The molecule has 1 unspecified atom stereocenters. The lowest BCUT2D eigenvalue weighted by molar-refractivity contribution is 0.117. The second-order valence-electron chi connectivity index (χ2n) is 5.08. The lowest BCUT2D eigenvalue weighted by atomic mass is 10.2.